The summed E-state index contributed by atoms with van der Waals surface area (Å²) in [5.41, 5.74) is -0.552. The van der Waals surface area contributed by atoms with Crippen LogP contribution in [-0.4, -0.2) is 31.0 Å². The second-order valence-corrected chi connectivity index (χ2v) is 4.12. The molecule has 9 heteroatoms. The quantitative estimate of drug-likeness (QED) is 0.449. The second kappa shape index (κ2) is 6.26. The van der Waals surface area contributed by atoms with Gasteiger partial charge < -0.3 is 14.2 Å². The summed E-state index contributed by atoms with van der Waals surface area (Å²) in [6.45, 7) is 1.53. The first kappa shape index (κ1) is 15.8. The van der Waals surface area contributed by atoms with Gasteiger partial charge in [-0.25, -0.2) is 9.78 Å². The van der Waals surface area contributed by atoms with Crippen molar-refractivity contribution < 1.29 is 32.2 Å². The van der Waals surface area contributed by atoms with Crippen molar-refractivity contribution in [1.29, 1.82) is 0 Å². The van der Waals surface area contributed by atoms with Gasteiger partial charge in [-0.2, -0.15) is 0 Å². The molecule has 0 radical (unpaired) electrons. The number of hydrogen-bond donors (Lipinski definition) is 0. The highest BCUT2D eigenvalue weighted by molar-refractivity contribution is 14.1. The summed E-state index contributed by atoms with van der Waals surface area (Å²) in [4.78, 5) is 15.2. The van der Waals surface area contributed by atoms with Gasteiger partial charge in [0.2, 0.25) is 0 Å². The Morgan fingerprint density at radius 2 is 2.05 bits per heavy atom. The van der Waals surface area contributed by atoms with E-state index in [2.05, 4.69) is 14.5 Å². The van der Waals surface area contributed by atoms with Gasteiger partial charge in [0.1, 0.15) is 3.70 Å². The topological polar surface area (TPSA) is 57.7 Å². The van der Waals surface area contributed by atoms with Gasteiger partial charge in [0.05, 0.1) is 13.7 Å². The minimum atomic E-state index is -4.94. The molecule has 0 aromatic carbocycles. The van der Waals surface area contributed by atoms with Crippen LogP contribution in [0.2, 0.25) is 0 Å². The van der Waals surface area contributed by atoms with Crippen LogP contribution in [0, 0.1) is 3.70 Å². The number of nitrogens with zero attached hydrogens (tertiary/aromatic N) is 1. The molecular formula is C10H9F3INO4. The summed E-state index contributed by atoms with van der Waals surface area (Å²) in [5.74, 6) is -1.70. The lowest BCUT2D eigenvalue weighted by Gasteiger charge is -2.13. The summed E-state index contributed by atoms with van der Waals surface area (Å²) < 4.78 is 50.2. The van der Waals surface area contributed by atoms with E-state index in [9.17, 15) is 18.0 Å². The molecule has 1 rings (SSSR count). The Morgan fingerprint density at radius 1 is 1.42 bits per heavy atom. The van der Waals surface area contributed by atoms with E-state index in [1.54, 1.807) is 22.6 Å². The van der Waals surface area contributed by atoms with E-state index in [0.717, 1.165) is 6.07 Å². The van der Waals surface area contributed by atoms with Crippen molar-refractivity contribution in [2.24, 2.45) is 0 Å². The van der Waals surface area contributed by atoms with Crippen LogP contribution in [-0.2, 0) is 4.74 Å². The average molecular weight is 391 g/mol. The molecule has 0 atom stereocenters. The van der Waals surface area contributed by atoms with Crippen LogP contribution in [0.4, 0.5) is 13.2 Å². The lowest BCUT2D eigenvalue weighted by Crippen LogP contribution is -2.20. The van der Waals surface area contributed by atoms with Crippen molar-refractivity contribution >= 4 is 28.6 Å². The van der Waals surface area contributed by atoms with Gasteiger partial charge in [0, 0.05) is 6.07 Å². The molecule has 0 aliphatic rings. The van der Waals surface area contributed by atoms with E-state index in [0.29, 0.717) is 0 Å². The number of methoxy groups -OCH3 is 1. The zero-order chi connectivity index (χ0) is 14.6. The fraction of sp³-hybridized carbons (Fsp3) is 0.400. The molecule has 1 aromatic heterocycles. The van der Waals surface area contributed by atoms with E-state index in [1.165, 1.54) is 14.0 Å². The maximum absolute atomic E-state index is 12.3. The third-order valence-electron chi connectivity index (χ3n) is 1.82. The smallest absolute Gasteiger partial charge is 0.494 e. The van der Waals surface area contributed by atoms with Crippen molar-refractivity contribution in [3.8, 4) is 11.5 Å². The first-order chi connectivity index (χ1) is 8.78. The van der Waals surface area contributed by atoms with Gasteiger partial charge in [0.25, 0.3) is 0 Å². The van der Waals surface area contributed by atoms with Crippen LogP contribution in [0.3, 0.4) is 0 Å². The summed E-state index contributed by atoms with van der Waals surface area (Å²) in [6.07, 6.45) is -4.94. The van der Waals surface area contributed by atoms with Crippen LogP contribution in [0.1, 0.15) is 17.4 Å². The molecule has 1 aromatic rings. The normalized spacial score (nSPS) is 11.1. The van der Waals surface area contributed by atoms with Crippen LogP contribution >= 0.6 is 22.6 Å². The molecule has 106 valence electrons. The van der Waals surface area contributed by atoms with Crippen molar-refractivity contribution in [3.05, 3.63) is 15.5 Å². The highest BCUT2D eigenvalue weighted by atomic mass is 127. The SMILES string of the molecule is CCOC(=O)c1nc(I)c(OC)cc1OC(F)(F)F. The predicted octanol–water partition coefficient (Wildman–Crippen LogP) is 2.77. The lowest BCUT2D eigenvalue weighted by atomic mass is 10.3. The van der Waals surface area contributed by atoms with Gasteiger partial charge in [-0.05, 0) is 29.5 Å². The summed E-state index contributed by atoms with van der Waals surface area (Å²) in [5, 5.41) is 0. The minimum absolute atomic E-state index is 0.00851. The number of ether oxygens (including phenoxy) is 3. The van der Waals surface area contributed by atoms with E-state index in [1.807, 2.05) is 0 Å². The summed E-state index contributed by atoms with van der Waals surface area (Å²) in [7, 11) is 1.26. The van der Waals surface area contributed by atoms with Gasteiger partial charge in [-0.15, -0.1) is 13.2 Å². The Kier molecular flexibility index (Phi) is 5.20. The first-order valence-electron chi connectivity index (χ1n) is 4.96. The van der Waals surface area contributed by atoms with Crippen LogP contribution in [0.15, 0.2) is 6.07 Å². The van der Waals surface area contributed by atoms with Crippen LogP contribution < -0.4 is 9.47 Å². The Morgan fingerprint density at radius 3 is 2.53 bits per heavy atom. The molecule has 0 N–H and O–H groups in total. The molecule has 0 fully saturated rings. The predicted molar refractivity (Wildman–Crippen MR) is 66.1 cm³/mol. The van der Waals surface area contributed by atoms with Gasteiger partial charge in [0.15, 0.2) is 17.2 Å². The fourth-order valence-electron chi connectivity index (χ4n) is 1.15. The summed E-state index contributed by atoms with van der Waals surface area (Å²) >= 11 is 1.72. The lowest BCUT2D eigenvalue weighted by molar-refractivity contribution is -0.274. The molecule has 5 nitrogen and oxygen atoms in total. The standard InChI is InChI=1S/C10H9F3INO4/c1-3-18-9(16)7-5(19-10(11,12)13)4-6(17-2)8(14)15-7/h4H,3H2,1-2H3. The number of aromatic nitrogens is 1. The van der Waals surface area contributed by atoms with Crippen molar-refractivity contribution in [2.45, 2.75) is 13.3 Å². The van der Waals surface area contributed by atoms with Gasteiger partial charge in [-0.3, -0.25) is 0 Å². The Labute approximate surface area is 120 Å². The molecule has 0 saturated carbocycles. The first-order valence-corrected chi connectivity index (χ1v) is 6.03. The number of hydrogen-bond acceptors (Lipinski definition) is 5. The average Bonchev–Trinajstić information content (AvgIpc) is 2.29. The molecule has 0 amide bonds. The molecule has 0 spiro atoms. The number of pyridine rings is 1. The number of carbonyl (C=O) groups excluding carboxylic acids is 1. The van der Waals surface area contributed by atoms with Crippen molar-refractivity contribution in [2.75, 3.05) is 13.7 Å². The molecule has 0 saturated heterocycles. The number of carbonyl (C=O) groups is 1. The van der Waals surface area contributed by atoms with Crippen molar-refractivity contribution in [3.63, 3.8) is 0 Å². The Balaban J connectivity index is 3.26. The molecule has 0 aliphatic heterocycles. The second-order valence-electron chi connectivity index (χ2n) is 3.10. The van der Waals surface area contributed by atoms with Gasteiger partial charge in [-0.1, -0.05) is 0 Å². The molecule has 0 unspecified atom stereocenters. The maximum atomic E-state index is 12.3. The molecular weight excluding hydrogens is 382 g/mol. The number of esters is 1. The zero-order valence-electron chi connectivity index (χ0n) is 9.88. The van der Waals surface area contributed by atoms with Crippen molar-refractivity contribution in [1.82, 2.24) is 4.98 Å². The highest BCUT2D eigenvalue weighted by Gasteiger charge is 2.34. The largest absolute Gasteiger partial charge is 0.573 e. The molecule has 0 bridgehead atoms. The maximum Gasteiger partial charge on any atom is 0.573 e. The monoisotopic (exact) mass is 391 g/mol. The van der Waals surface area contributed by atoms with Gasteiger partial charge >= 0.3 is 12.3 Å². The fourth-order valence-corrected chi connectivity index (χ4v) is 1.76. The van der Waals surface area contributed by atoms with E-state index >= 15 is 0 Å². The van der Waals surface area contributed by atoms with E-state index in [4.69, 9.17) is 4.74 Å². The number of rotatable bonds is 4. The summed E-state index contributed by atoms with van der Waals surface area (Å²) in [6, 6.07) is 0.939. The number of alkyl halides is 3. The highest BCUT2D eigenvalue weighted by Crippen LogP contribution is 2.31. The minimum Gasteiger partial charge on any atom is -0.494 e. The van der Waals surface area contributed by atoms with E-state index < -0.39 is 23.8 Å². The van der Waals surface area contributed by atoms with E-state index in [-0.39, 0.29) is 16.1 Å². The third kappa shape index (κ3) is 4.40. The van der Waals surface area contributed by atoms with Crippen LogP contribution in [0.25, 0.3) is 0 Å². The number of halogens is 4. The third-order valence-corrected chi connectivity index (χ3v) is 2.60. The van der Waals surface area contributed by atoms with Crippen LogP contribution in [0.5, 0.6) is 11.5 Å². The zero-order valence-corrected chi connectivity index (χ0v) is 12.0. The molecule has 0 aliphatic carbocycles. The molecule has 1 heterocycles. The Bertz CT molecular complexity index is 479. The Hall–Kier alpha value is -1.26. The molecule has 19 heavy (non-hydrogen) atoms.